The summed E-state index contributed by atoms with van der Waals surface area (Å²) in [5.41, 5.74) is 6.15. The number of hydrogen-bond acceptors (Lipinski definition) is 2. The van der Waals surface area contributed by atoms with Crippen LogP contribution in [0.2, 0.25) is 0 Å². The molecule has 2 aromatic carbocycles. The summed E-state index contributed by atoms with van der Waals surface area (Å²) in [4.78, 5) is 11.8. The summed E-state index contributed by atoms with van der Waals surface area (Å²) in [7, 11) is 0. The van der Waals surface area contributed by atoms with Crippen molar-refractivity contribution in [2.45, 2.75) is 0 Å². The van der Waals surface area contributed by atoms with Crippen LogP contribution in [0.1, 0.15) is 10.4 Å². The first-order valence-electron chi connectivity index (χ1n) is 5.19. The van der Waals surface area contributed by atoms with Gasteiger partial charge < -0.3 is 11.1 Å². The second-order valence-electron chi connectivity index (χ2n) is 3.67. The largest absolute Gasteiger partial charge is 0.397 e. The lowest BCUT2D eigenvalue weighted by atomic mass is 10.2. The second kappa shape index (κ2) is 4.83. The van der Waals surface area contributed by atoms with E-state index in [1.54, 1.807) is 24.3 Å². The average Bonchev–Trinajstić information content (AvgIpc) is 2.32. The minimum atomic E-state index is -0.915. The summed E-state index contributed by atoms with van der Waals surface area (Å²) in [6.07, 6.45) is 0. The predicted molar refractivity (Wildman–Crippen MR) is 65.2 cm³/mol. The van der Waals surface area contributed by atoms with Crippen molar-refractivity contribution in [2.75, 3.05) is 11.1 Å². The van der Waals surface area contributed by atoms with Crippen LogP contribution in [0.25, 0.3) is 0 Å². The number of nitrogen functional groups attached to an aromatic ring is 1. The van der Waals surface area contributed by atoms with E-state index >= 15 is 0 Å². The zero-order chi connectivity index (χ0) is 13.1. The Morgan fingerprint density at radius 3 is 2.50 bits per heavy atom. The lowest BCUT2D eigenvalue weighted by Gasteiger charge is -2.08. The molecule has 0 fully saturated rings. The van der Waals surface area contributed by atoms with E-state index in [1.165, 1.54) is 0 Å². The molecule has 0 aliphatic rings. The molecule has 0 atom stereocenters. The highest BCUT2D eigenvalue weighted by molar-refractivity contribution is 6.05. The van der Waals surface area contributed by atoms with E-state index in [4.69, 9.17) is 5.73 Å². The number of halogens is 2. The number of benzene rings is 2. The molecule has 1 amide bonds. The summed E-state index contributed by atoms with van der Waals surface area (Å²) < 4.78 is 26.1. The molecule has 0 bridgehead atoms. The average molecular weight is 248 g/mol. The van der Waals surface area contributed by atoms with E-state index in [2.05, 4.69) is 5.32 Å². The van der Waals surface area contributed by atoms with Crippen LogP contribution < -0.4 is 11.1 Å². The Hall–Kier alpha value is -2.43. The van der Waals surface area contributed by atoms with E-state index in [1.807, 2.05) is 0 Å². The highest BCUT2D eigenvalue weighted by atomic mass is 19.1. The Balaban J connectivity index is 2.25. The van der Waals surface area contributed by atoms with Gasteiger partial charge in [-0.2, -0.15) is 0 Å². The van der Waals surface area contributed by atoms with Crippen LogP contribution in [-0.4, -0.2) is 5.91 Å². The lowest BCUT2D eigenvalue weighted by molar-refractivity contribution is 0.102. The third kappa shape index (κ3) is 2.45. The van der Waals surface area contributed by atoms with Crippen LogP contribution in [0.3, 0.4) is 0 Å². The topological polar surface area (TPSA) is 55.1 Å². The molecule has 3 N–H and O–H groups in total. The minimum Gasteiger partial charge on any atom is -0.397 e. The predicted octanol–water partition coefficient (Wildman–Crippen LogP) is 2.80. The van der Waals surface area contributed by atoms with Gasteiger partial charge in [0, 0.05) is 6.07 Å². The SMILES string of the molecule is Nc1ccccc1NC(=O)c1ccc(F)cc1F. The molecule has 2 rings (SSSR count). The number of nitrogens with one attached hydrogen (secondary N) is 1. The number of rotatable bonds is 2. The Morgan fingerprint density at radius 1 is 1.11 bits per heavy atom. The number of nitrogens with two attached hydrogens (primary N) is 1. The molecule has 18 heavy (non-hydrogen) atoms. The van der Waals surface area contributed by atoms with Crippen molar-refractivity contribution >= 4 is 17.3 Å². The number of carbonyl (C=O) groups excluding carboxylic acids is 1. The maximum Gasteiger partial charge on any atom is 0.258 e. The quantitative estimate of drug-likeness (QED) is 0.803. The van der Waals surface area contributed by atoms with Crippen molar-refractivity contribution in [3.8, 4) is 0 Å². The molecule has 0 saturated carbocycles. The van der Waals surface area contributed by atoms with E-state index in [-0.39, 0.29) is 5.56 Å². The molecule has 0 saturated heterocycles. The van der Waals surface area contributed by atoms with Crippen LogP contribution in [-0.2, 0) is 0 Å². The number of anilines is 2. The molecule has 0 radical (unpaired) electrons. The maximum atomic E-state index is 13.4. The molecule has 3 nitrogen and oxygen atoms in total. The van der Waals surface area contributed by atoms with Crippen molar-refractivity contribution in [1.82, 2.24) is 0 Å². The van der Waals surface area contributed by atoms with Crippen molar-refractivity contribution in [3.63, 3.8) is 0 Å². The van der Waals surface area contributed by atoms with Gasteiger partial charge in [0.15, 0.2) is 0 Å². The Labute approximate surface area is 102 Å². The molecule has 2 aromatic rings. The van der Waals surface area contributed by atoms with Gasteiger partial charge in [-0.25, -0.2) is 8.78 Å². The van der Waals surface area contributed by atoms with Crippen LogP contribution >= 0.6 is 0 Å². The van der Waals surface area contributed by atoms with Gasteiger partial charge in [0.1, 0.15) is 11.6 Å². The molecule has 0 unspecified atom stereocenters. The highest BCUT2D eigenvalue weighted by Gasteiger charge is 2.13. The highest BCUT2D eigenvalue weighted by Crippen LogP contribution is 2.18. The first-order valence-corrected chi connectivity index (χ1v) is 5.19. The van der Waals surface area contributed by atoms with Crippen LogP contribution in [0.4, 0.5) is 20.2 Å². The molecule has 0 aromatic heterocycles. The fourth-order valence-electron chi connectivity index (χ4n) is 1.47. The van der Waals surface area contributed by atoms with Crippen molar-refractivity contribution in [1.29, 1.82) is 0 Å². The molecule has 0 aliphatic heterocycles. The van der Waals surface area contributed by atoms with Crippen molar-refractivity contribution < 1.29 is 13.6 Å². The lowest BCUT2D eigenvalue weighted by Crippen LogP contribution is -2.14. The number of para-hydroxylation sites is 2. The van der Waals surface area contributed by atoms with Gasteiger partial charge in [-0.05, 0) is 24.3 Å². The zero-order valence-electron chi connectivity index (χ0n) is 9.28. The molecule has 0 spiro atoms. The summed E-state index contributed by atoms with van der Waals surface area (Å²) in [5, 5.41) is 2.46. The standard InChI is InChI=1S/C13H10F2N2O/c14-8-5-6-9(10(15)7-8)13(18)17-12-4-2-1-3-11(12)16/h1-7H,16H2,(H,17,18). The van der Waals surface area contributed by atoms with Gasteiger partial charge in [0.25, 0.3) is 5.91 Å². The number of hydrogen-bond donors (Lipinski definition) is 2. The second-order valence-corrected chi connectivity index (χ2v) is 3.67. The van der Waals surface area contributed by atoms with E-state index < -0.39 is 17.5 Å². The van der Waals surface area contributed by atoms with Gasteiger partial charge in [0.2, 0.25) is 0 Å². The molecule has 0 aliphatic carbocycles. The molecule has 0 heterocycles. The molecular formula is C13H10F2N2O. The van der Waals surface area contributed by atoms with Gasteiger partial charge in [-0.3, -0.25) is 4.79 Å². The minimum absolute atomic E-state index is 0.236. The first-order chi connectivity index (χ1) is 8.58. The number of amides is 1. The smallest absolute Gasteiger partial charge is 0.258 e. The van der Waals surface area contributed by atoms with Gasteiger partial charge in [-0.1, -0.05) is 12.1 Å². The normalized spacial score (nSPS) is 10.1. The first kappa shape index (κ1) is 12.0. The van der Waals surface area contributed by atoms with Crippen LogP contribution in [0.5, 0.6) is 0 Å². The van der Waals surface area contributed by atoms with Crippen LogP contribution in [0, 0.1) is 11.6 Å². The Morgan fingerprint density at radius 2 is 1.83 bits per heavy atom. The monoisotopic (exact) mass is 248 g/mol. The van der Waals surface area contributed by atoms with Crippen molar-refractivity contribution in [2.24, 2.45) is 0 Å². The van der Waals surface area contributed by atoms with E-state index in [9.17, 15) is 13.6 Å². The van der Waals surface area contributed by atoms with Gasteiger partial charge in [0.05, 0.1) is 16.9 Å². The Kier molecular flexibility index (Phi) is 3.23. The van der Waals surface area contributed by atoms with Crippen molar-refractivity contribution in [3.05, 3.63) is 59.7 Å². The summed E-state index contributed by atoms with van der Waals surface area (Å²) in [6.45, 7) is 0. The molecule has 5 heteroatoms. The third-order valence-corrected chi connectivity index (χ3v) is 2.38. The van der Waals surface area contributed by atoms with Gasteiger partial charge >= 0.3 is 0 Å². The fourth-order valence-corrected chi connectivity index (χ4v) is 1.47. The molecule has 92 valence electrons. The maximum absolute atomic E-state index is 13.4. The number of carbonyl (C=O) groups is 1. The third-order valence-electron chi connectivity index (χ3n) is 2.38. The molecular weight excluding hydrogens is 238 g/mol. The van der Waals surface area contributed by atoms with E-state index in [0.29, 0.717) is 17.4 Å². The zero-order valence-corrected chi connectivity index (χ0v) is 9.28. The summed E-state index contributed by atoms with van der Waals surface area (Å²) >= 11 is 0. The fraction of sp³-hybridized carbons (Fsp3) is 0. The van der Waals surface area contributed by atoms with E-state index in [0.717, 1.165) is 12.1 Å². The Bertz CT molecular complexity index is 599. The van der Waals surface area contributed by atoms with Crippen LogP contribution in [0.15, 0.2) is 42.5 Å². The summed E-state index contributed by atoms with van der Waals surface area (Å²) in [5.74, 6) is -2.32. The van der Waals surface area contributed by atoms with Gasteiger partial charge in [-0.15, -0.1) is 0 Å². The summed E-state index contributed by atoms with van der Waals surface area (Å²) in [6, 6.07) is 9.36.